The van der Waals surface area contributed by atoms with Gasteiger partial charge in [-0.2, -0.15) is 0 Å². The minimum Gasteiger partial charge on any atom is -0.313 e. The summed E-state index contributed by atoms with van der Waals surface area (Å²) in [6.45, 7) is 9.44. The molecule has 0 radical (unpaired) electrons. The molecule has 2 heteroatoms. The second-order valence-corrected chi connectivity index (χ2v) is 5.46. The van der Waals surface area contributed by atoms with Crippen molar-refractivity contribution in [2.45, 2.75) is 32.7 Å². The Morgan fingerprint density at radius 1 is 1.28 bits per heavy atom. The molecule has 18 heavy (non-hydrogen) atoms. The number of nitrogens with one attached hydrogen (secondary N) is 1. The first-order valence-corrected chi connectivity index (χ1v) is 7.29. The lowest BCUT2D eigenvalue weighted by molar-refractivity contribution is 0.154. The van der Waals surface area contributed by atoms with E-state index in [0.29, 0.717) is 6.04 Å². The van der Waals surface area contributed by atoms with Crippen molar-refractivity contribution < 1.29 is 0 Å². The molecule has 0 spiro atoms. The van der Waals surface area contributed by atoms with Crippen LogP contribution >= 0.6 is 0 Å². The predicted octanol–water partition coefficient (Wildman–Crippen LogP) is 2.55. The van der Waals surface area contributed by atoms with Crippen molar-refractivity contribution in [3.63, 3.8) is 0 Å². The van der Waals surface area contributed by atoms with Gasteiger partial charge in [0.25, 0.3) is 0 Å². The quantitative estimate of drug-likeness (QED) is 0.859. The molecule has 1 aliphatic heterocycles. The molecule has 0 saturated carbocycles. The summed E-state index contributed by atoms with van der Waals surface area (Å²) >= 11 is 0. The zero-order valence-electron chi connectivity index (χ0n) is 11.7. The number of likely N-dealkylation sites (tertiary alicyclic amines) is 1. The Hall–Kier alpha value is -0.860. The third-order valence-corrected chi connectivity index (χ3v) is 4.10. The monoisotopic (exact) mass is 246 g/mol. The van der Waals surface area contributed by atoms with Gasteiger partial charge in [-0.3, -0.25) is 0 Å². The van der Waals surface area contributed by atoms with Crippen LogP contribution in [0.15, 0.2) is 30.3 Å². The van der Waals surface area contributed by atoms with Crippen LogP contribution in [0.4, 0.5) is 0 Å². The number of rotatable bonds is 5. The Labute approximate surface area is 111 Å². The summed E-state index contributed by atoms with van der Waals surface area (Å²) in [6.07, 6.45) is 2.44. The average Bonchev–Trinajstić information content (AvgIpc) is 2.42. The summed E-state index contributed by atoms with van der Waals surface area (Å²) in [5.74, 6) is 0.773. The van der Waals surface area contributed by atoms with Gasteiger partial charge in [-0.15, -0.1) is 0 Å². The summed E-state index contributed by atoms with van der Waals surface area (Å²) in [5, 5.41) is 3.74. The number of piperidine rings is 1. The maximum Gasteiger partial charge on any atom is 0.0117 e. The molecule has 1 fully saturated rings. The van der Waals surface area contributed by atoms with Gasteiger partial charge in [0.2, 0.25) is 0 Å². The van der Waals surface area contributed by atoms with Crippen molar-refractivity contribution in [2.24, 2.45) is 5.92 Å². The van der Waals surface area contributed by atoms with Crippen LogP contribution in [0.25, 0.3) is 0 Å². The fraction of sp³-hybridized carbons (Fsp3) is 0.625. The smallest absolute Gasteiger partial charge is 0.0117 e. The van der Waals surface area contributed by atoms with E-state index in [0.717, 1.165) is 18.9 Å². The van der Waals surface area contributed by atoms with Gasteiger partial charge < -0.3 is 10.2 Å². The van der Waals surface area contributed by atoms with E-state index >= 15 is 0 Å². The number of benzene rings is 1. The van der Waals surface area contributed by atoms with E-state index in [1.165, 1.54) is 31.6 Å². The number of hydrogen-bond donors (Lipinski definition) is 1. The normalized spacial score (nSPS) is 25.2. The number of nitrogens with zero attached hydrogens (tertiary/aromatic N) is 1. The van der Waals surface area contributed by atoms with Crippen molar-refractivity contribution in [3.05, 3.63) is 35.9 Å². The van der Waals surface area contributed by atoms with Gasteiger partial charge in [-0.05, 0) is 44.0 Å². The maximum atomic E-state index is 3.74. The van der Waals surface area contributed by atoms with Crippen LogP contribution in [0.5, 0.6) is 0 Å². The SMILES string of the molecule is CCN1CCC(NCCc2ccccc2)C(C)C1. The van der Waals surface area contributed by atoms with Gasteiger partial charge in [0.15, 0.2) is 0 Å². The van der Waals surface area contributed by atoms with Gasteiger partial charge in [0.05, 0.1) is 0 Å². The van der Waals surface area contributed by atoms with Crippen LogP contribution in [0, 0.1) is 5.92 Å². The third-order valence-electron chi connectivity index (χ3n) is 4.10. The van der Waals surface area contributed by atoms with Crippen molar-refractivity contribution in [2.75, 3.05) is 26.2 Å². The van der Waals surface area contributed by atoms with E-state index < -0.39 is 0 Å². The van der Waals surface area contributed by atoms with Crippen LogP contribution in [0.1, 0.15) is 25.8 Å². The molecule has 1 saturated heterocycles. The minimum absolute atomic E-state index is 0.705. The fourth-order valence-corrected chi connectivity index (χ4v) is 2.87. The molecule has 2 rings (SSSR count). The Morgan fingerprint density at radius 2 is 2.06 bits per heavy atom. The van der Waals surface area contributed by atoms with E-state index in [-0.39, 0.29) is 0 Å². The minimum atomic E-state index is 0.705. The predicted molar refractivity (Wildman–Crippen MR) is 77.8 cm³/mol. The van der Waals surface area contributed by atoms with E-state index in [2.05, 4.69) is 54.4 Å². The van der Waals surface area contributed by atoms with Crippen LogP contribution in [-0.4, -0.2) is 37.1 Å². The summed E-state index contributed by atoms with van der Waals surface area (Å²) in [7, 11) is 0. The molecule has 1 heterocycles. The van der Waals surface area contributed by atoms with E-state index in [9.17, 15) is 0 Å². The highest BCUT2D eigenvalue weighted by Gasteiger charge is 2.24. The van der Waals surface area contributed by atoms with Gasteiger partial charge in [0, 0.05) is 12.6 Å². The zero-order valence-corrected chi connectivity index (χ0v) is 11.7. The van der Waals surface area contributed by atoms with Gasteiger partial charge in [-0.25, -0.2) is 0 Å². The standard InChI is InChI=1S/C16H26N2/c1-3-18-12-10-16(14(2)13-18)17-11-9-15-7-5-4-6-8-15/h4-8,14,16-17H,3,9-13H2,1-2H3. The third kappa shape index (κ3) is 3.82. The first-order valence-electron chi connectivity index (χ1n) is 7.29. The molecule has 0 aromatic heterocycles. The zero-order chi connectivity index (χ0) is 12.8. The van der Waals surface area contributed by atoms with Crippen molar-refractivity contribution in [1.29, 1.82) is 0 Å². The maximum absolute atomic E-state index is 3.74. The lowest BCUT2D eigenvalue weighted by Crippen LogP contribution is -2.48. The molecule has 2 atom stereocenters. The average molecular weight is 246 g/mol. The molecule has 2 unspecified atom stereocenters. The van der Waals surface area contributed by atoms with E-state index in [1.54, 1.807) is 0 Å². The first-order chi connectivity index (χ1) is 8.79. The van der Waals surface area contributed by atoms with Gasteiger partial charge >= 0.3 is 0 Å². The summed E-state index contributed by atoms with van der Waals surface area (Å²) in [5.41, 5.74) is 1.43. The van der Waals surface area contributed by atoms with Crippen molar-refractivity contribution in [1.82, 2.24) is 10.2 Å². The Bertz CT molecular complexity index is 336. The fourth-order valence-electron chi connectivity index (χ4n) is 2.87. The molecule has 1 aliphatic rings. The molecule has 2 nitrogen and oxygen atoms in total. The molecule has 0 amide bonds. The Balaban J connectivity index is 1.71. The van der Waals surface area contributed by atoms with Crippen LogP contribution in [-0.2, 0) is 6.42 Å². The van der Waals surface area contributed by atoms with Gasteiger partial charge in [-0.1, -0.05) is 44.2 Å². The van der Waals surface area contributed by atoms with Crippen molar-refractivity contribution >= 4 is 0 Å². The highest BCUT2D eigenvalue weighted by atomic mass is 15.1. The van der Waals surface area contributed by atoms with Crippen LogP contribution in [0.3, 0.4) is 0 Å². The second-order valence-electron chi connectivity index (χ2n) is 5.46. The summed E-state index contributed by atoms with van der Waals surface area (Å²) < 4.78 is 0. The van der Waals surface area contributed by atoms with Crippen molar-refractivity contribution in [3.8, 4) is 0 Å². The first kappa shape index (κ1) is 13.6. The van der Waals surface area contributed by atoms with Crippen LogP contribution in [0.2, 0.25) is 0 Å². The topological polar surface area (TPSA) is 15.3 Å². The Morgan fingerprint density at radius 3 is 2.72 bits per heavy atom. The summed E-state index contributed by atoms with van der Waals surface area (Å²) in [6, 6.07) is 11.5. The molecule has 100 valence electrons. The molecular formula is C16H26N2. The van der Waals surface area contributed by atoms with Crippen LogP contribution < -0.4 is 5.32 Å². The molecule has 0 aliphatic carbocycles. The summed E-state index contributed by atoms with van der Waals surface area (Å²) in [4.78, 5) is 2.56. The van der Waals surface area contributed by atoms with E-state index in [1.807, 2.05) is 0 Å². The molecule has 0 bridgehead atoms. The lowest BCUT2D eigenvalue weighted by atomic mass is 9.93. The lowest BCUT2D eigenvalue weighted by Gasteiger charge is -2.36. The highest BCUT2D eigenvalue weighted by molar-refractivity contribution is 5.14. The molecule has 1 aromatic carbocycles. The molecule has 1 N–H and O–H groups in total. The second kappa shape index (κ2) is 6.91. The molecular weight excluding hydrogens is 220 g/mol. The van der Waals surface area contributed by atoms with Gasteiger partial charge in [0.1, 0.15) is 0 Å². The largest absolute Gasteiger partial charge is 0.313 e. The number of hydrogen-bond acceptors (Lipinski definition) is 2. The molecule has 1 aromatic rings. The Kier molecular flexibility index (Phi) is 5.21. The van der Waals surface area contributed by atoms with E-state index in [4.69, 9.17) is 0 Å². The highest BCUT2D eigenvalue weighted by Crippen LogP contribution is 2.16.